The molecule has 4 rings (SSSR count). The average Bonchev–Trinajstić information content (AvgIpc) is 3.20. The van der Waals surface area contributed by atoms with Gasteiger partial charge in [0.05, 0.1) is 19.9 Å². The summed E-state index contributed by atoms with van der Waals surface area (Å²) in [5, 5.41) is 9.52. The Labute approximate surface area is 157 Å². The number of nitrogens with zero attached hydrogens (tertiary/aromatic N) is 3. The maximum absolute atomic E-state index is 5.26. The summed E-state index contributed by atoms with van der Waals surface area (Å²) in [6.07, 6.45) is 0. The lowest BCUT2D eigenvalue weighted by Gasteiger charge is -2.04. The third-order valence-corrected chi connectivity index (χ3v) is 4.33. The molecular weight excluding hydrogens is 338 g/mol. The fourth-order valence-corrected chi connectivity index (χ4v) is 2.87. The van der Waals surface area contributed by atoms with E-state index < -0.39 is 0 Å². The zero-order valence-corrected chi connectivity index (χ0v) is 15.2. The van der Waals surface area contributed by atoms with Crippen molar-refractivity contribution in [2.24, 2.45) is 0 Å². The zero-order chi connectivity index (χ0) is 18.6. The summed E-state index contributed by atoms with van der Waals surface area (Å²) in [5.74, 6) is 1.61. The molecule has 0 aliphatic rings. The molecular formula is C22H19N3O2. The van der Waals surface area contributed by atoms with Crippen molar-refractivity contribution in [2.75, 3.05) is 14.2 Å². The van der Waals surface area contributed by atoms with Crippen LogP contribution in [0.3, 0.4) is 0 Å². The molecule has 1 heterocycles. The van der Waals surface area contributed by atoms with Crippen LogP contribution in [0.1, 0.15) is 0 Å². The van der Waals surface area contributed by atoms with Gasteiger partial charge in [-0.2, -0.15) is 4.80 Å². The van der Waals surface area contributed by atoms with Crippen molar-refractivity contribution in [1.82, 2.24) is 15.0 Å². The normalized spacial score (nSPS) is 10.6. The second-order valence-corrected chi connectivity index (χ2v) is 5.98. The minimum atomic E-state index is 0.806. The third-order valence-electron chi connectivity index (χ3n) is 4.33. The van der Waals surface area contributed by atoms with Crippen LogP contribution in [-0.4, -0.2) is 29.2 Å². The molecule has 1 aromatic heterocycles. The summed E-state index contributed by atoms with van der Waals surface area (Å²) in [7, 11) is 3.31. The van der Waals surface area contributed by atoms with Crippen LogP contribution < -0.4 is 9.47 Å². The molecule has 0 spiro atoms. The Morgan fingerprint density at radius 2 is 1.04 bits per heavy atom. The van der Waals surface area contributed by atoms with Gasteiger partial charge in [0, 0.05) is 11.1 Å². The Balaban J connectivity index is 1.85. The number of rotatable bonds is 5. The van der Waals surface area contributed by atoms with Crippen molar-refractivity contribution in [1.29, 1.82) is 0 Å². The van der Waals surface area contributed by atoms with Gasteiger partial charge in [-0.15, -0.1) is 10.2 Å². The van der Waals surface area contributed by atoms with Crippen LogP contribution in [0.5, 0.6) is 11.5 Å². The van der Waals surface area contributed by atoms with Gasteiger partial charge in [0.2, 0.25) is 0 Å². The quantitative estimate of drug-likeness (QED) is 0.523. The van der Waals surface area contributed by atoms with E-state index in [9.17, 15) is 0 Å². The first-order valence-corrected chi connectivity index (χ1v) is 8.60. The van der Waals surface area contributed by atoms with Gasteiger partial charge < -0.3 is 9.47 Å². The van der Waals surface area contributed by atoms with E-state index in [2.05, 4.69) is 0 Å². The van der Waals surface area contributed by atoms with Crippen LogP contribution >= 0.6 is 0 Å². The summed E-state index contributed by atoms with van der Waals surface area (Å²) >= 11 is 0. The standard InChI is InChI=1S/C22H19N3O2/c1-26-19-12-8-16(9-13-19)21-22(17-10-14-20(27-2)15-11-17)24-25(23-21)18-6-4-3-5-7-18/h3-15H,1-2H3. The predicted molar refractivity (Wildman–Crippen MR) is 105 cm³/mol. The van der Waals surface area contributed by atoms with Gasteiger partial charge in [-0.3, -0.25) is 0 Å². The molecule has 0 N–H and O–H groups in total. The highest BCUT2D eigenvalue weighted by Crippen LogP contribution is 2.31. The van der Waals surface area contributed by atoms with E-state index in [1.54, 1.807) is 19.0 Å². The maximum atomic E-state index is 5.26. The largest absolute Gasteiger partial charge is 0.497 e. The van der Waals surface area contributed by atoms with E-state index in [0.29, 0.717) is 0 Å². The first-order valence-electron chi connectivity index (χ1n) is 8.60. The molecule has 0 unspecified atom stereocenters. The van der Waals surface area contributed by atoms with Crippen molar-refractivity contribution < 1.29 is 9.47 Å². The van der Waals surface area contributed by atoms with E-state index >= 15 is 0 Å². The number of benzene rings is 3. The SMILES string of the molecule is COc1ccc(-c2nn(-c3ccccc3)nc2-c2ccc(OC)cc2)cc1. The van der Waals surface area contributed by atoms with Crippen LogP contribution in [0.15, 0.2) is 78.9 Å². The van der Waals surface area contributed by atoms with Gasteiger partial charge in [0.15, 0.2) is 0 Å². The number of para-hydroxylation sites is 1. The third kappa shape index (κ3) is 3.40. The van der Waals surface area contributed by atoms with Crippen LogP contribution in [0.4, 0.5) is 0 Å². The lowest BCUT2D eigenvalue weighted by atomic mass is 10.0. The fourth-order valence-electron chi connectivity index (χ4n) is 2.87. The summed E-state index contributed by atoms with van der Waals surface area (Å²) in [5.41, 5.74) is 4.48. The summed E-state index contributed by atoms with van der Waals surface area (Å²) < 4.78 is 10.5. The number of hydrogen-bond donors (Lipinski definition) is 0. The molecule has 5 heteroatoms. The van der Waals surface area contributed by atoms with E-state index in [-0.39, 0.29) is 0 Å². The Morgan fingerprint density at radius 1 is 0.593 bits per heavy atom. The topological polar surface area (TPSA) is 49.2 Å². The van der Waals surface area contributed by atoms with Gasteiger partial charge in [-0.05, 0) is 60.7 Å². The first-order chi connectivity index (χ1) is 13.3. The van der Waals surface area contributed by atoms with E-state index in [0.717, 1.165) is 39.7 Å². The van der Waals surface area contributed by atoms with Gasteiger partial charge in [0.25, 0.3) is 0 Å². The molecule has 0 bridgehead atoms. The molecule has 0 saturated carbocycles. The van der Waals surface area contributed by atoms with Gasteiger partial charge in [-0.25, -0.2) is 0 Å². The zero-order valence-electron chi connectivity index (χ0n) is 15.2. The molecule has 0 saturated heterocycles. The lowest BCUT2D eigenvalue weighted by Crippen LogP contribution is -1.98. The van der Waals surface area contributed by atoms with Gasteiger partial charge in [-0.1, -0.05) is 18.2 Å². The summed E-state index contributed by atoms with van der Waals surface area (Å²) in [4.78, 5) is 1.67. The molecule has 4 aromatic rings. The molecule has 3 aromatic carbocycles. The molecule has 27 heavy (non-hydrogen) atoms. The van der Waals surface area contributed by atoms with Crippen LogP contribution in [0.25, 0.3) is 28.2 Å². The summed E-state index contributed by atoms with van der Waals surface area (Å²) in [6, 6.07) is 25.5. The second kappa shape index (κ2) is 7.33. The van der Waals surface area contributed by atoms with E-state index in [1.807, 2.05) is 78.9 Å². The van der Waals surface area contributed by atoms with Crippen molar-refractivity contribution in [3.63, 3.8) is 0 Å². The molecule has 0 fully saturated rings. The summed E-state index contributed by atoms with van der Waals surface area (Å²) in [6.45, 7) is 0. The Morgan fingerprint density at radius 3 is 1.44 bits per heavy atom. The minimum absolute atomic E-state index is 0.806. The smallest absolute Gasteiger partial charge is 0.121 e. The highest BCUT2D eigenvalue weighted by molar-refractivity contribution is 5.78. The molecule has 0 aliphatic carbocycles. The number of methoxy groups -OCH3 is 2. The molecule has 0 atom stereocenters. The van der Waals surface area contributed by atoms with Gasteiger partial charge >= 0.3 is 0 Å². The van der Waals surface area contributed by atoms with Crippen LogP contribution in [-0.2, 0) is 0 Å². The van der Waals surface area contributed by atoms with Crippen LogP contribution in [0, 0.1) is 0 Å². The van der Waals surface area contributed by atoms with Crippen molar-refractivity contribution in [2.45, 2.75) is 0 Å². The van der Waals surface area contributed by atoms with Crippen molar-refractivity contribution in [3.05, 3.63) is 78.9 Å². The Bertz CT molecular complexity index is 959. The molecule has 0 amide bonds. The van der Waals surface area contributed by atoms with Crippen molar-refractivity contribution >= 4 is 0 Å². The first kappa shape index (κ1) is 16.8. The number of ether oxygens (including phenoxy) is 2. The molecule has 5 nitrogen and oxygen atoms in total. The van der Waals surface area contributed by atoms with Crippen LogP contribution in [0.2, 0.25) is 0 Å². The maximum Gasteiger partial charge on any atom is 0.121 e. The monoisotopic (exact) mass is 357 g/mol. The molecule has 0 radical (unpaired) electrons. The fraction of sp³-hybridized carbons (Fsp3) is 0.0909. The van der Waals surface area contributed by atoms with E-state index in [4.69, 9.17) is 19.7 Å². The predicted octanol–water partition coefficient (Wildman–Crippen LogP) is 4.62. The van der Waals surface area contributed by atoms with Crippen molar-refractivity contribution in [3.8, 4) is 39.7 Å². The van der Waals surface area contributed by atoms with E-state index in [1.165, 1.54) is 0 Å². The molecule has 134 valence electrons. The lowest BCUT2D eigenvalue weighted by molar-refractivity contribution is 0.414. The Hall–Kier alpha value is -3.60. The second-order valence-electron chi connectivity index (χ2n) is 5.98. The Kier molecular flexibility index (Phi) is 4.58. The highest BCUT2D eigenvalue weighted by atomic mass is 16.5. The number of aromatic nitrogens is 3. The molecule has 0 aliphatic heterocycles. The number of hydrogen-bond acceptors (Lipinski definition) is 4. The minimum Gasteiger partial charge on any atom is -0.497 e. The highest BCUT2D eigenvalue weighted by Gasteiger charge is 2.16. The average molecular weight is 357 g/mol. The van der Waals surface area contributed by atoms with Gasteiger partial charge in [0.1, 0.15) is 22.9 Å².